The number of urea groups is 1. The molecule has 1 saturated heterocycles. The molecule has 2 amide bonds. The van der Waals surface area contributed by atoms with Gasteiger partial charge in [-0.2, -0.15) is 0 Å². The number of nitrogens with one attached hydrogen (secondary N) is 1. The van der Waals surface area contributed by atoms with Crippen molar-refractivity contribution in [3.05, 3.63) is 30.1 Å². The van der Waals surface area contributed by atoms with Gasteiger partial charge in [0.05, 0.1) is 12.0 Å². The Bertz CT molecular complexity index is 599. The SMILES string of the molecule is CCCCCC1SCC(C(=O)OCC)N1C(=O)Nc1cccc(F)c1. The molecule has 0 spiro atoms. The quantitative estimate of drug-likeness (QED) is 0.577. The van der Waals surface area contributed by atoms with E-state index < -0.39 is 17.9 Å². The fourth-order valence-electron chi connectivity index (χ4n) is 2.80. The Morgan fingerprint density at radius 3 is 2.84 bits per heavy atom. The Morgan fingerprint density at radius 2 is 2.16 bits per heavy atom. The summed E-state index contributed by atoms with van der Waals surface area (Å²) in [5.41, 5.74) is 0.372. The number of unbranched alkanes of at least 4 members (excludes halogenated alkanes) is 2. The maximum atomic E-state index is 13.3. The number of hydrogen-bond donors (Lipinski definition) is 1. The lowest BCUT2D eigenvalue weighted by Gasteiger charge is -2.28. The van der Waals surface area contributed by atoms with Crippen molar-refractivity contribution in [3.8, 4) is 0 Å². The van der Waals surface area contributed by atoms with Crippen LogP contribution in [0.4, 0.5) is 14.9 Å². The summed E-state index contributed by atoms with van der Waals surface area (Å²) in [5, 5.41) is 2.62. The molecule has 1 fully saturated rings. The number of benzene rings is 1. The first-order valence-electron chi connectivity index (χ1n) is 8.70. The summed E-state index contributed by atoms with van der Waals surface area (Å²) >= 11 is 1.60. The standard InChI is InChI=1S/C18H25FN2O3S/c1-3-5-6-10-16-21(15(12-25-16)17(22)24-4-2)18(23)20-14-9-7-8-13(19)11-14/h7-9,11,15-16H,3-6,10,12H2,1-2H3,(H,20,23). The van der Waals surface area contributed by atoms with Crippen molar-refractivity contribution in [1.29, 1.82) is 0 Å². The number of halogens is 1. The number of anilines is 1. The number of esters is 1. The summed E-state index contributed by atoms with van der Waals surface area (Å²) in [6.07, 6.45) is 3.99. The molecule has 2 rings (SSSR count). The zero-order chi connectivity index (χ0) is 18.2. The maximum Gasteiger partial charge on any atom is 0.329 e. The van der Waals surface area contributed by atoms with Gasteiger partial charge in [0.25, 0.3) is 0 Å². The molecule has 1 N–H and O–H groups in total. The number of ether oxygens (including phenoxy) is 1. The molecule has 7 heteroatoms. The Hall–Kier alpha value is -1.76. The molecule has 25 heavy (non-hydrogen) atoms. The van der Waals surface area contributed by atoms with Gasteiger partial charge in [0, 0.05) is 11.4 Å². The molecule has 2 atom stereocenters. The fraction of sp³-hybridized carbons (Fsp3) is 0.556. The van der Waals surface area contributed by atoms with Gasteiger partial charge in [-0.3, -0.25) is 4.90 Å². The average molecular weight is 368 g/mol. The van der Waals surface area contributed by atoms with Crippen LogP contribution in [0.3, 0.4) is 0 Å². The van der Waals surface area contributed by atoms with Crippen LogP contribution in [0.1, 0.15) is 39.5 Å². The zero-order valence-electron chi connectivity index (χ0n) is 14.7. The molecular weight excluding hydrogens is 343 g/mol. The molecule has 1 aromatic rings. The molecule has 0 radical (unpaired) electrons. The van der Waals surface area contributed by atoms with Crippen molar-refractivity contribution in [2.45, 2.75) is 50.9 Å². The van der Waals surface area contributed by atoms with E-state index in [4.69, 9.17) is 4.74 Å². The first-order chi connectivity index (χ1) is 12.1. The number of amides is 2. The zero-order valence-corrected chi connectivity index (χ0v) is 15.5. The first-order valence-corrected chi connectivity index (χ1v) is 9.74. The second-order valence-electron chi connectivity index (χ2n) is 5.90. The summed E-state index contributed by atoms with van der Waals surface area (Å²) in [6, 6.07) is 4.73. The van der Waals surface area contributed by atoms with E-state index in [0.29, 0.717) is 11.4 Å². The molecular formula is C18H25FN2O3S. The minimum Gasteiger partial charge on any atom is -0.464 e. The van der Waals surface area contributed by atoms with Gasteiger partial charge in [-0.1, -0.05) is 32.3 Å². The number of carbonyl (C=O) groups excluding carboxylic acids is 2. The van der Waals surface area contributed by atoms with E-state index >= 15 is 0 Å². The molecule has 1 aliphatic rings. The minimum absolute atomic E-state index is 0.0745. The van der Waals surface area contributed by atoms with Crippen LogP contribution in [0, 0.1) is 5.82 Å². The average Bonchev–Trinajstić information content (AvgIpc) is 2.99. The topological polar surface area (TPSA) is 58.6 Å². The normalized spacial score (nSPS) is 19.7. The molecule has 0 saturated carbocycles. The van der Waals surface area contributed by atoms with Crippen molar-refractivity contribution in [2.24, 2.45) is 0 Å². The van der Waals surface area contributed by atoms with Crippen molar-refractivity contribution < 1.29 is 18.7 Å². The summed E-state index contributed by atoms with van der Waals surface area (Å²) in [5.74, 6) is -0.288. The highest BCUT2D eigenvalue weighted by molar-refractivity contribution is 8.00. The van der Waals surface area contributed by atoms with Gasteiger partial charge in [-0.05, 0) is 31.5 Å². The molecule has 0 aliphatic carbocycles. The van der Waals surface area contributed by atoms with E-state index in [-0.39, 0.29) is 18.0 Å². The number of rotatable bonds is 7. The summed E-state index contributed by atoms with van der Waals surface area (Å²) < 4.78 is 18.5. The van der Waals surface area contributed by atoms with E-state index in [1.165, 1.54) is 18.2 Å². The van der Waals surface area contributed by atoms with Gasteiger partial charge in [-0.15, -0.1) is 11.8 Å². The van der Waals surface area contributed by atoms with Crippen LogP contribution in [0.25, 0.3) is 0 Å². The second-order valence-corrected chi connectivity index (χ2v) is 7.11. The highest BCUT2D eigenvalue weighted by Crippen LogP contribution is 2.34. The molecule has 2 unspecified atom stereocenters. The van der Waals surface area contributed by atoms with Crippen LogP contribution >= 0.6 is 11.8 Å². The van der Waals surface area contributed by atoms with Gasteiger partial charge < -0.3 is 10.1 Å². The van der Waals surface area contributed by atoms with E-state index in [1.54, 1.807) is 29.7 Å². The summed E-state index contributed by atoms with van der Waals surface area (Å²) in [6.45, 7) is 4.15. The third-order valence-corrected chi connectivity index (χ3v) is 5.37. The third kappa shape index (κ3) is 5.36. The highest BCUT2D eigenvalue weighted by atomic mass is 32.2. The third-order valence-electron chi connectivity index (χ3n) is 4.02. The van der Waals surface area contributed by atoms with E-state index in [9.17, 15) is 14.0 Å². The van der Waals surface area contributed by atoms with Gasteiger partial charge in [-0.25, -0.2) is 14.0 Å². The molecule has 138 valence electrons. The number of nitrogens with zero attached hydrogens (tertiary/aromatic N) is 1. The number of carbonyl (C=O) groups is 2. The highest BCUT2D eigenvalue weighted by Gasteiger charge is 2.42. The molecule has 0 aromatic heterocycles. The van der Waals surface area contributed by atoms with Crippen molar-refractivity contribution in [1.82, 2.24) is 4.90 Å². The van der Waals surface area contributed by atoms with Crippen LogP contribution in [0.5, 0.6) is 0 Å². The first kappa shape index (κ1) is 19.6. The Morgan fingerprint density at radius 1 is 1.36 bits per heavy atom. The largest absolute Gasteiger partial charge is 0.464 e. The Balaban J connectivity index is 2.12. The van der Waals surface area contributed by atoms with Crippen LogP contribution in [-0.4, -0.2) is 40.7 Å². The van der Waals surface area contributed by atoms with E-state index in [0.717, 1.165) is 25.7 Å². The minimum atomic E-state index is -0.606. The fourth-order valence-corrected chi connectivity index (χ4v) is 4.24. The summed E-state index contributed by atoms with van der Waals surface area (Å²) in [7, 11) is 0. The number of thioether (sulfide) groups is 1. The van der Waals surface area contributed by atoms with Crippen molar-refractivity contribution in [3.63, 3.8) is 0 Å². The number of hydrogen-bond acceptors (Lipinski definition) is 4. The van der Waals surface area contributed by atoms with Crippen LogP contribution < -0.4 is 5.32 Å². The molecule has 0 bridgehead atoms. The predicted octanol–water partition coefficient (Wildman–Crippen LogP) is 4.24. The van der Waals surface area contributed by atoms with Gasteiger partial charge >= 0.3 is 12.0 Å². The van der Waals surface area contributed by atoms with Crippen LogP contribution in [-0.2, 0) is 9.53 Å². The molecule has 1 aromatic carbocycles. The lowest BCUT2D eigenvalue weighted by Crippen LogP contribution is -2.48. The lowest BCUT2D eigenvalue weighted by molar-refractivity contribution is -0.147. The van der Waals surface area contributed by atoms with Gasteiger partial charge in [0.2, 0.25) is 0 Å². The Kier molecular flexibility index (Phi) is 7.55. The van der Waals surface area contributed by atoms with Crippen LogP contribution in [0.15, 0.2) is 24.3 Å². The van der Waals surface area contributed by atoms with Gasteiger partial charge in [0.15, 0.2) is 0 Å². The predicted molar refractivity (Wildman–Crippen MR) is 98.1 cm³/mol. The maximum absolute atomic E-state index is 13.3. The smallest absolute Gasteiger partial charge is 0.329 e. The monoisotopic (exact) mass is 368 g/mol. The van der Waals surface area contributed by atoms with Crippen LogP contribution in [0.2, 0.25) is 0 Å². The molecule has 1 aliphatic heterocycles. The molecule has 1 heterocycles. The van der Waals surface area contributed by atoms with Crippen molar-refractivity contribution in [2.75, 3.05) is 17.7 Å². The summed E-state index contributed by atoms with van der Waals surface area (Å²) in [4.78, 5) is 26.5. The Labute approximate surface area is 152 Å². The lowest BCUT2D eigenvalue weighted by atomic mass is 10.2. The van der Waals surface area contributed by atoms with E-state index in [2.05, 4.69) is 12.2 Å². The van der Waals surface area contributed by atoms with E-state index in [1.807, 2.05) is 0 Å². The second kappa shape index (κ2) is 9.65. The van der Waals surface area contributed by atoms with Crippen molar-refractivity contribution >= 4 is 29.4 Å². The molecule has 5 nitrogen and oxygen atoms in total. The van der Waals surface area contributed by atoms with Gasteiger partial charge in [0.1, 0.15) is 11.9 Å².